The van der Waals surface area contributed by atoms with Gasteiger partial charge in [0.05, 0.1) is 6.04 Å². The van der Waals surface area contributed by atoms with E-state index in [1.54, 1.807) is 19.3 Å². The van der Waals surface area contributed by atoms with Gasteiger partial charge in [-0.25, -0.2) is 9.98 Å². The fourth-order valence-corrected chi connectivity index (χ4v) is 2.45. The lowest BCUT2D eigenvalue weighted by atomic mass is 9.96. The average Bonchev–Trinajstić information content (AvgIpc) is 3.12. The zero-order valence-corrected chi connectivity index (χ0v) is 14.1. The van der Waals surface area contributed by atoms with Gasteiger partial charge in [-0.1, -0.05) is 13.8 Å². The maximum atomic E-state index is 12.3. The molecule has 0 aliphatic carbocycles. The molecule has 0 saturated carbocycles. The van der Waals surface area contributed by atoms with Crippen LogP contribution in [0.1, 0.15) is 33.5 Å². The average molecular weight is 334 g/mol. The van der Waals surface area contributed by atoms with Crippen LogP contribution in [0.5, 0.6) is 0 Å². The van der Waals surface area contributed by atoms with Gasteiger partial charge < -0.3 is 20.9 Å². The van der Waals surface area contributed by atoms with E-state index < -0.39 is 18.1 Å². The van der Waals surface area contributed by atoms with E-state index >= 15 is 0 Å². The number of amidine groups is 1. The highest BCUT2D eigenvalue weighted by Crippen LogP contribution is 2.15. The van der Waals surface area contributed by atoms with Gasteiger partial charge in [0.25, 0.3) is 5.91 Å². The Morgan fingerprint density at radius 2 is 1.96 bits per heavy atom. The normalized spacial score (nSPS) is 19.5. The quantitative estimate of drug-likeness (QED) is 0.549. The number of carbonyl (C=O) groups excluding carboxylic acids is 3. The second-order valence-corrected chi connectivity index (χ2v) is 6.05. The third kappa shape index (κ3) is 3.98. The molecule has 2 heterocycles. The molecule has 0 saturated heterocycles. The molecule has 0 aromatic carbocycles. The second-order valence-electron chi connectivity index (χ2n) is 6.05. The predicted molar refractivity (Wildman–Crippen MR) is 87.1 cm³/mol. The topological polar surface area (TPSA) is 128 Å². The van der Waals surface area contributed by atoms with Crippen molar-refractivity contribution in [3.05, 3.63) is 18.2 Å². The standard InChI is InChI=1S/C15H22N6O3/c1-7(2)10(20-14(23)8(3)18-9(4)22)11-15(24)21-13(19-11)12-16-5-6-17-12/h5-8,10-11H,1-4H3,(H,16,17)(H,18,22)(H,20,23)(H,19,21,24)/t8-,10-,11?/m0/s1. The summed E-state index contributed by atoms with van der Waals surface area (Å²) in [6.07, 6.45) is 3.20. The number of aromatic nitrogens is 2. The lowest BCUT2D eigenvalue weighted by molar-refractivity contribution is -0.129. The van der Waals surface area contributed by atoms with Crippen molar-refractivity contribution in [2.45, 2.75) is 45.8 Å². The van der Waals surface area contributed by atoms with Gasteiger partial charge in [-0.3, -0.25) is 14.4 Å². The molecule has 0 radical (unpaired) electrons. The van der Waals surface area contributed by atoms with Crippen molar-refractivity contribution in [2.24, 2.45) is 10.9 Å². The number of rotatable bonds is 6. The Labute approximate surface area is 139 Å². The Morgan fingerprint density at radius 3 is 2.50 bits per heavy atom. The van der Waals surface area contributed by atoms with Crippen LogP contribution in [0.2, 0.25) is 0 Å². The van der Waals surface area contributed by atoms with Crippen LogP contribution < -0.4 is 16.0 Å². The summed E-state index contributed by atoms with van der Waals surface area (Å²) in [6.45, 7) is 6.71. The van der Waals surface area contributed by atoms with Crippen molar-refractivity contribution in [3.63, 3.8) is 0 Å². The highest BCUT2D eigenvalue weighted by atomic mass is 16.2. The molecule has 2 rings (SSSR count). The summed E-state index contributed by atoms with van der Waals surface area (Å²) >= 11 is 0. The summed E-state index contributed by atoms with van der Waals surface area (Å²) in [5.41, 5.74) is 0. The van der Waals surface area contributed by atoms with Gasteiger partial charge in [0.2, 0.25) is 11.8 Å². The van der Waals surface area contributed by atoms with Crippen LogP contribution in [0.15, 0.2) is 17.4 Å². The van der Waals surface area contributed by atoms with E-state index in [-0.39, 0.29) is 23.6 Å². The molecular weight excluding hydrogens is 312 g/mol. The largest absolute Gasteiger partial charge is 0.349 e. The number of aliphatic imine (C=N–C) groups is 1. The SMILES string of the molecule is CC(=O)N[C@@H](C)C(=O)N[C@@H](C(C)C)C1N=C(c2ncc[nH]2)NC1=O. The zero-order chi connectivity index (χ0) is 17.9. The molecule has 3 amide bonds. The van der Waals surface area contributed by atoms with Crippen LogP contribution in [0.25, 0.3) is 0 Å². The lowest BCUT2D eigenvalue weighted by Gasteiger charge is -2.26. The Hall–Kier alpha value is -2.71. The first-order valence-electron chi connectivity index (χ1n) is 7.75. The Bertz CT molecular complexity index is 652. The molecule has 0 bridgehead atoms. The molecular formula is C15H22N6O3. The first-order valence-corrected chi connectivity index (χ1v) is 7.75. The minimum Gasteiger partial charge on any atom is -0.349 e. The van der Waals surface area contributed by atoms with Crippen molar-refractivity contribution >= 4 is 23.6 Å². The monoisotopic (exact) mass is 334 g/mol. The number of nitrogens with one attached hydrogen (secondary N) is 4. The summed E-state index contributed by atoms with van der Waals surface area (Å²) in [5, 5.41) is 8.00. The zero-order valence-electron chi connectivity index (χ0n) is 14.1. The number of hydrogen-bond donors (Lipinski definition) is 4. The lowest BCUT2D eigenvalue weighted by Crippen LogP contribution is -2.54. The van der Waals surface area contributed by atoms with Gasteiger partial charge in [0.1, 0.15) is 6.04 Å². The van der Waals surface area contributed by atoms with Gasteiger partial charge in [0.15, 0.2) is 17.7 Å². The Morgan fingerprint density at radius 1 is 1.25 bits per heavy atom. The van der Waals surface area contributed by atoms with Gasteiger partial charge >= 0.3 is 0 Å². The van der Waals surface area contributed by atoms with E-state index in [2.05, 4.69) is 30.9 Å². The van der Waals surface area contributed by atoms with E-state index in [1.165, 1.54) is 6.92 Å². The van der Waals surface area contributed by atoms with Crippen LogP contribution in [0.3, 0.4) is 0 Å². The van der Waals surface area contributed by atoms with Crippen LogP contribution >= 0.6 is 0 Å². The van der Waals surface area contributed by atoms with E-state index in [0.717, 1.165) is 0 Å². The van der Waals surface area contributed by atoms with Crippen LogP contribution in [0, 0.1) is 5.92 Å². The summed E-state index contributed by atoms with van der Waals surface area (Å²) in [5.74, 6) is -0.175. The highest BCUT2D eigenvalue weighted by Gasteiger charge is 2.37. The first-order chi connectivity index (χ1) is 11.3. The van der Waals surface area contributed by atoms with Gasteiger partial charge in [-0.15, -0.1) is 0 Å². The predicted octanol–water partition coefficient (Wildman–Crippen LogP) is -0.680. The fourth-order valence-electron chi connectivity index (χ4n) is 2.45. The molecule has 1 aliphatic rings. The van der Waals surface area contributed by atoms with Gasteiger partial charge in [-0.2, -0.15) is 0 Å². The van der Waals surface area contributed by atoms with E-state index in [9.17, 15) is 14.4 Å². The van der Waals surface area contributed by atoms with E-state index in [0.29, 0.717) is 11.7 Å². The Balaban J connectivity index is 2.14. The first kappa shape index (κ1) is 17.6. The molecule has 0 fully saturated rings. The molecule has 9 nitrogen and oxygen atoms in total. The van der Waals surface area contributed by atoms with E-state index in [1.807, 2.05) is 13.8 Å². The van der Waals surface area contributed by atoms with Crippen molar-refractivity contribution in [3.8, 4) is 0 Å². The number of imidazole rings is 1. The molecule has 130 valence electrons. The highest BCUT2D eigenvalue weighted by molar-refractivity contribution is 6.12. The summed E-state index contributed by atoms with van der Waals surface area (Å²) in [7, 11) is 0. The fraction of sp³-hybridized carbons (Fsp3) is 0.533. The second kappa shape index (κ2) is 7.24. The molecule has 0 spiro atoms. The van der Waals surface area contributed by atoms with Gasteiger partial charge in [-0.05, 0) is 12.8 Å². The molecule has 1 aromatic rings. The van der Waals surface area contributed by atoms with Crippen molar-refractivity contribution in [1.29, 1.82) is 0 Å². The molecule has 24 heavy (non-hydrogen) atoms. The van der Waals surface area contributed by atoms with Crippen LogP contribution in [-0.4, -0.2) is 51.7 Å². The molecule has 9 heteroatoms. The molecule has 1 aliphatic heterocycles. The third-order valence-corrected chi connectivity index (χ3v) is 3.68. The van der Waals surface area contributed by atoms with Crippen molar-refractivity contribution in [2.75, 3.05) is 0 Å². The van der Waals surface area contributed by atoms with Crippen LogP contribution in [0.4, 0.5) is 0 Å². The summed E-state index contributed by atoms with van der Waals surface area (Å²) < 4.78 is 0. The smallest absolute Gasteiger partial charge is 0.252 e. The maximum Gasteiger partial charge on any atom is 0.252 e. The van der Waals surface area contributed by atoms with Crippen molar-refractivity contribution in [1.82, 2.24) is 25.9 Å². The number of nitrogens with zero attached hydrogens (tertiary/aromatic N) is 2. The van der Waals surface area contributed by atoms with Crippen LogP contribution in [-0.2, 0) is 14.4 Å². The summed E-state index contributed by atoms with van der Waals surface area (Å²) in [4.78, 5) is 46.9. The Kier molecular flexibility index (Phi) is 5.32. The maximum absolute atomic E-state index is 12.3. The third-order valence-electron chi connectivity index (χ3n) is 3.68. The number of carbonyl (C=O) groups is 3. The van der Waals surface area contributed by atoms with Gasteiger partial charge in [0, 0.05) is 19.3 Å². The number of hydrogen-bond acceptors (Lipinski definition) is 5. The van der Waals surface area contributed by atoms with Crippen molar-refractivity contribution < 1.29 is 14.4 Å². The molecule has 3 atom stereocenters. The molecule has 1 unspecified atom stereocenters. The number of H-pyrrole nitrogens is 1. The molecule has 1 aromatic heterocycles. The minimum atomic E-state index is -0.751. The van der Waals surface area contributed by atoms with E-state index in [4.69, 9.17) is 0 Å². The number of aromatic amines is 1. The summed E-state index contributed by atoms with van der Waals surface area (Å²) in [6, 6.07) is -1.94. The minimum absolute atomic E-state index is 0.0334. The molecule has 4 N–H and O–H groups in total. The number of amides is 3.